The number of anilines is 1. The lowest BCUT2D eigenvalue weighted by molar-refractivity contribution is -0.134. The number of barbiturate groups is 1. The summed E-state index contributed by atoms with van der Waals surface area (Å²) in [7, 11) is 0. The largest absolute Gasteiger partial charge is 0.494 e. The molecule has 11 heteroatoms. The first kappa shape index (κ1) is 27.5. The minimum Gasteiger partial charge on any atom is -0.494 e. The maximum atomic E-state index is 14.4. The number of fused-ring (bicyclic) bond motifs is 2. The Morgan fingerprint density at radius 3 is 1.96 bits per heavy atom. The minimum absolute atomic E-state index is 0.237. The Hall–Kier alpha value is -6.36. The van der Waals surface area contributed by atoms with Gasteiger partial charge in [0, 0.05) is 29.1 Å². The van der Waals surface area contributed by atoms with Gasteiger partial charge in [-0.3, -0.25) is 29.7 Å². The average molecular weight is 598 g/mol. The normalized spacial score (nSPS) is 15.8. The fourth-order valence-electron chi connectivity index (χ4n) is 6.06. The number of carbonyl (C=O) groups is 3. The van der Waals surface area contributed by atoms with Gasteiger partial charge in [0.1, 0.15) is 5.92 Å². The number of benzene rings is 4. The number of nitrogens with one attached hydrogen (secondary N) is 2. The highest BCUT2D eigenvalue weighted by Crippen LogP contribution is 2.39. The molecule has 2 aromatic heterocycles. The maximum Gasteiger partial charge on any atom is 0.335 e. The first-order valence-electron chi connectivity index (χ1n) is 14.0. The summed E-state index contributed by atoms with van der Waals surface area (Å²) >= 11 is 0. The molecule has 0 saturated carbocycles. The molecule has 3 N–H and O–H groups in total. The van der Waals surface area contributed by atoms with Gasteiger partial charge in [-0.15, -0.1) is 0 Å². The van der Waals surface area contributed by atoms with Crippen LogP contribution in [0.2, 0.25) is 0 Å². The van der Waals surface area contributed by atoms with Crippen LogP contribution < -0.4 is 21.5 Å². The first-order chi connectivity index (χ1) is 21.8. The van der Waals surface area contributed by atoms with Gasteiger partial charge >= 0.3 is 11.7 Å². The van der Waals surface area contributed by atoms with Crippen molar-refractivity contribution in [3.05, 3.63) is 141 Å². The standard InChI is InChI=1S/C34H23N5O6/c40-29-27(31(42)38(33(44)36-29)24-13-5-9-19-7-1-3-11-22(19)24)26(21-15-17-35-18-16-21)28-30(41)37-34(45)39(32(28)43)25-14-6-10-20-8-2-4-12-23(20)25/h1-18,26-27,43H,(H,36,40,44)(H,37,41,45)/t26-,27-/m1/s1. The molecule has 1 fully saturated rings. The van der Waals surface area contributed by atoms with E-state index in [1.54, 1.807) is 48.5 Å². The van der Waals surface area contributed by atoms with Crippen molar-refractivity contribution in [3.8, 4) is 11.6 Å². The number of nitrogens with zero attached hydrogens (tertiary/aromatic N) is 3. The van der Waals surface area contributed by atoms with Crippen molar-refractivity contribution in [1.82, 2.24) is 19.9 Å². The van der Waals surface area contributed by atoms with E-state index < -0.39 is 52.4 Å². The van der Waals surface area contributed by atoms with Crippen LogP contribution in [0.15, 0.2) is 119 Å². The first-order valence-corrected chi connectivity index (χ1v) is 14.0. The van der Waals surface area contributed by atoms with Crippen LogP contribution >= 0.6 is 0 Å². The van der Waals surface area contributed by atoms with Crippen LogP contribution in [-0.2, 0) is 9.59 Å². The van der Waals surface area contributed by atoms with E-state index in [4.69, 9.17) is 0 Å². The molecule has 45 heavy (non-hydrogen) atoms. The number of hydrogen-bond acceptors (Lipinski definition) is 7. The molecule has 11 nitrogen and oxygen atoms in total. The van der Waals surface area contributed by atoms with Crippen molar-refractivity contribution >= 4 is 45.1 Å². The molecular formula is C34H23N5O6. The van der Waals surface area contributed by atoms with E-state index in [9.17, 15) is 29.1 Å². The number of pyridine rings is 1. The molecule has 3 heterocycles. The number of carbonyl (C=O) groups excluding carboxylic acids is 3. The van der Waals surface area contributed by atoms with E-state index in [0.29, 0.717) is 10.8 Å². The highest BCUT2D eigenvalue weighted by molar-refractivity contribution is 6.30. The van der Waals surface area contributed by atoms with Crippen LogP contribution in [0, 0.1) is 5.92 Å². The van der Waals surface area contributed by atoms with E-state index in [1.165, 1.54) is 24.5 Å². The lowest BCUT2D eigenvalue weighted by Gasteiger charge is -2.35. The second-order valence-corrected chi connectivity index (χ2v) is 10.5. The zero-order chi connectivity index (χ0) is 31.2. The topological polar surface area (TPSA) is 154 Å². The van der Waals surface area contributed by atoms with Crippen LogP contribution in [0.3, 0.4) is 0 Å². The number of amides is 4. The fourth-order valence-corrected chi connectivity index (χ4v) is 6.06. The number of hydrogen-bond donors (Lipinski definition) is 3. The van der Waals surface area contributed by atoms with E-state index in [0.717, 1.165) is 20.2 Å². The van der Waals surface area contributed by atoms with Crippen molar-refractivity contribution in [1.29, 1.82) is 0 Å². The summed E-state index contributed by atoms with van der Waals surface area (Å²) in [5.74, 6) is -5.77. The molecule has 0 unspecified atom stereocenters. The van der Waals surface area contributed by atoms with Crippen molar-refractivity contribution in [2.75, 3.05) is 4.90 Å². The zero-order valence-electron chi connectivity index (χ0n) is 23.4. The van der Waals surface area contributed by atoms with E-state index in [2.05, 4.69) is 15.3 Å². The van der Waals surface area contributed by atoms with E-state index >= 15 is 0 Å². The highest BCUT2D eigenvalue weighted by atomic mass is 16.3. The number of aromatic nitrogens is 3. The van der Waals surface area contributed by atoms with Gasteiger partial charge in [0.15, 0.2) is 0 Å². The summed E-state index contributed by atoms with van der Waals surface area (Å²) in [4.78, 5) is 75.2. The Balaban J connectivity index is 1.46. The van der Waals surface area contributed by atoms with Gasteiger partial charge in [0.2, 0.25) is 17.7 Å². The summed E-state index contributed by atoms with van der Waals surface area (Å²) < 4.78 is 0.937. The van der Waals surface area contributed by atoms with E-state index in [1.807, 2.05) is 36.4 Å². The summed E-state index contributed by atoms with van der Waals surface area (Å²) in [5, 5.41) is 16.8. The van der Waals surface area contributed by atoms with Crippen molar-refractivity contribution in [3.63, 3.8) is 0 Å². The monoisotopic (exact) mass is 597 g/mol. The fraction of sp³-hybridized carbons (Fsp3) is 0.0588. The lowest BCUT2D eigenvalue weighted by atomic mass is 9.79. The molecule has 0 bridgehead atoms. The Labute approximate surface area is 254 Å². The number of urea groups is 1. The average Bonchev–Trinajstić information content (AvgIpc) is 3.04. The predicted octanol–water partition coefficient (Wildman–Crippen LogP) is 3.96. The van der Waals surface area contributed by atoms with Crippen LogP contribution in [0.5, 0.6) is 5.88 Å². The molecule has 2 atom stereocenters. The molecule has 220 valence electrons. The van der Waals surface area contributed by atoms with Gasteiger partial charge in [-0.1, -0.05) is 72.8 Å². The molecule has 1 aliphatic heterocycles. The molecule has 4 amide bonds. The van der Waals surface area contributed by atoms with Crippen molar-refractivity contribution in [2.45, 2.75) is 5.92 Å². The molecule has 7 rings (SSSR count). The minimum atomic E-state index is -1.70. The van der Waals surface area contributed by atoms with Crippen molar-refractivity contribution < 1.29 is 19.5 Å². The summed E-state index contributed by atoms with van der Waals surface area (Å²) in [5.41, 5.74) is -1.54. The summed E-state index contributed by atoms with van der Waals surface area (Å²) in [6.07, 6.45) is 2.82. The van der Waals surface area contributed by atoms with Crippen LogP contribution in [-0.4, -0.2) is 37.5 Å². The van der Waals surface area contributed by atoms with Crippen LogP contribution in [0.4, 0.5) is 10.5 Å². The summed E-state index contributed by atoms with van der Waals surface area (Å²) in [6.45, 7) is 0. The molecule has 1 aliphatic rings. The second-order valence-electron chi connectivity index (χ2n) is 10.5. The third kappa shape index (κ3) is 4.45. The number of aromatic amines is 1. The quantitative estimate of drug-likeness (QED) is 0.254. The number of imide groups is 2. The Bertz CT molecular complexity index is 2280. The number of aromatic hydroxyl groups is 1. The molecule has 0 aliphatic carbocycles. The molecular weight excluding hydrogens is 574 g/mol. The maximum absolute atomic E-state index is 14.4. The number of H-pyrrole nitrogens is 1. The lowest BCUT2D eigenvalue weighted by Crippen LogP contribution is -2.60. The van der Waals surface area contributed by atoms with Gasteiger partial charge in [-0.05, 0) is 40.6 Å². The van der Waals surface area contributed by atoms with Gasteiger partial charge in [-0.2, -0.15) is 0 Å². The molecule has 0 spiro atoms. The molecule has 0 radical (unpaired) electrons. The van der Waals surface area contributed by atoms with Crippen LogP contribution in [0.25, 0.3) is 27.2 Å². The third-order valence-corrected chi connectivity index (χ3v) is 8.05. The highest BCUT2D eigenvalue weighted by Gasteiger charge is 2.48. The molecule has 6 aromatic rings. The van der Waals surface area contributed by atoms with Gasteiger partial charge in [0.25, 0.3) is 5.56 Å². The predicted molar refractivity (Wildman–Crippen MR) is 166 cm³/mol. The Morgan fingerprint density at radius 1 is 0.711 bits per heavy atom. The second kappa shape index (κ2) is 10.7. The van der Waals surface area contributed by atoms with E-state index in [-0.39, 0.29) is 16.9 Å². The van der Waals surface area contributed by atoms with Gasteiger partial charge in [0.05, 0.1) is 16.9 Å². The number of rotatable bonds is 5. The zero-order valence-corrected chi connectivity index (χ0v) is 23.4. The van der Waals surface area contributed by atoms with Gasteiger partial charge in [-0.25, -0.2) is 19.1 Å². The summed E-state index contributed by atoms with van der Waals surface area (Å²) in [6, 6.07) is 26.6. The van der Waals surface area contributed by atoms with Crippen LogP contribution in [0.1, 0.15) is 17.0 Å². The Kier molecular flexibility index (Phi) is 6.55. The molecule has 1 saturated heterocycles. The Morgan fingerprint density at radius 2 is 1.29 bits per heavy atom. The van der Waals surface area contributed by atoms with Crippen molar-refractivity contribution in [2.24, 2.45) is 5.92 Å². The van der Waals surface area contributed by atoms with Gasteiger partial charge < -0.3 is 5.11 Å². The SMILES string of the molecule is O=C1NC(=O)N(c2cccc3ccccc23)C(=O)[C@@H]1[C@@H](c1ccncc1)c1c(O)n(-c2cccc3ccccc23)c(=O)[nH]c1=O. The smallest absolute Gasteiger partial charge is 0.335 e. The third-order valence-electron chi connectivity index (χ3n) is 8.05. The molecule has 4 aromatic carbocycles.